The average Bonchev–Trinajstić information content (AvgIpc) is 2.67. The van der Waals surface area contributed by atoms with Crippen molar-refractivity contribution < 1.29 is 4.74 Å². The molecule has 0 spiro atoms. The highest BCUT2D eigenvalue weighted by molar-refractivity contribution is 5.13. The molecule has 13 heavy (non-hydrogen) atoms. The molecule has 1 aliphatic rings. The van der Waals surface area contributed by atoms with Gasteiger partial charge in [0.1, 0.15) is 0 Å². The van der Waals surface area contributed by atoms with E-state index in [0.29, 0.717) is 6.54 Å². The summed E-state index contributed by atoms with van der Waals surface area (Å²) < 4.78 is 5.73. The van der Waals surface area contributed by atoms with E-state index < -0.39 is 0 Å². The lowest BCUT2D eigenvalue weighted by molar-refractivity contribution is 0.0496. The Labute approximate surface area is 77.9 Å². The number of hydrogen-bond donors (Lipinski definition) is 1. The first-order chi connectivity index (χ1) is 6.40. The van der Waals surface area contributed by atoms with Gasteiger partial charge in [-0.1, -0.05) is 6.07 Å². The molecular formula is C10H14N2O. The largest absolute Gasteiger partial charge is 0.369 e. The zero-order valence-corrected chi connectivity index (χ0v) is 7.52. The first-order valence-corrected chi connectivity index (χ1v) is 4.65. The van der Waals surface area contributed by atoms with Crippen LogP contribution in [0.1, 0.15) is 24.5 Å². The molecule has 0 unspecified atom stereocenters. The molecule has 0 amide bonds. The summed E-state index contributed by atoms with van der Waals surface area (Å²) in [6.45, 7) is 0.622. The smallest absolute Gasteiger partial charge is 0.0845 e. The van der Waals surface area contributed by atoms with Crippen LogP contribution in [0.25, 0.3) is 0 Å². The van der Waals surface area contributed by atoms with Crippen molar-refractivity contribution in [3.8, 4) is 0 Å². The van der Waals surface area contributed by atoms with E-state index in [1.165, 1.54) is 5.56 Å². The van der Waals surface area contributed by atoms with Crippen molar-refractivity contribution >= 4 is 0 Å². The zero-order valence-electron chi connectivity index (χ0n) is 7.52. The fraction of sp³-hybridized carbons (Fsp3) is 0.500. The standard InChI is InChI=1S/C10H14N2O/c11-6-9-3-4-10(13-9)8-2-1-5-12-7-8/h1-2,5,7,9-10H,3-4,6,11H2/t9-,10-/m0/s1. The minimum atomic E-state index is 0.210. The second-order valence-corrected chi connectivity index (χ2v) is 3.35. The summed E-state index contributed by atoms with van der Waals surface area (Å²) in [6, 6.07) is 3.99. The van der Waals surface area contributed by atoms with Gasteiger partial charge in [-0.05, 0) is 24.5 Å². The number of aromatic nitrogens is 1. The van der Waals surface area contributed by atoms with Gasteiger partial charge in [0.25, 0.3) is 0 Å². The predicted octanol–water partition coefficient (Wildman–Crippen LogP) is 1.26. The van der Waals surface area contributed by atoms with E-state index in [9.17, 15) is 0 Å². The van der Waals surface area contributed by atoms with E-state index in [1.807, 2.05) is 12.3 Å². The maximum Gasteiger partial charge on any atom is 0.0845 e. The summed E-state index contributed by atoms with van der Waals surface area (Å²) in [6.07, 6.45) is 6.22. The highest BCUT2D eigenvalue weighted by atomic mass is 16.5. The van der Waals surface area contributed by atoms with Gasteiger partial charge < -0.3 is 10.5 Å². The molecule has 0 radical (unpaired) electrons. The van der Waals surface area contributed by atoms with Crippen LogP contribution >= 0.6 is 0 Å². The minimum Gasteiger partial charge on any atom is -0.369 e. The molecule has 0 bridgehead atoms. The second-order valence-electron chi connectivity index (χ2n) is 3.35. The molecule has 1 fully saturated rings. The third kappa shape index (κ3) is 1.87. The van der Waals surface area contributed by atoms with Gasteiger partial charge in [-0.3, -0.25) is 4.98 Å². The molecule has 1 aliphatic heterocycles. The van der Waals surface area contributed by atoms with Crippen molar-refractivity contribution in [3.63, 3.8) is 0 Å². The molecule has 1 aromatic rings. The SMILES string of the molecule is NC[C@@H]1CC[C@@H](c2cccnc2)O1. The van der Waals surface area contributed by atoms with Crippen LogP contribution in [0.4, 0.5) is 0 Å². The Morgan fingerprint density at radius 2 is 2.46 bits per heavy atom. The number of rotatable bonds is 2. The van der Waals surface area contributed by atoms with Gasteiger partial charge in [-0.2, -0.15) is 0 Å². The summed E-state index contributed by atoms with van der Waals surface area (Å²) in [5.41, 5.74) is 6.70. The van der Waals surface area contributed by atoms with E-state index in [4.69, 9.17) is 10.5 Å². The van der Waals surface area contributed by atoms with Crippen LogP contribution < -0.4 is 5.73 Å². The lowest BCUT2D eigenvalue weighted by Crippen LogP contribution is -2.18. The molecule has 2 rings (SSSR count). The molecule has 2 atom stereocenters. The Balaban J connectivity index is 2.04. The Bertz CT molecular complexity index is 263. The van der Waals surface area contributed by atoms with Crippen LogP contribution in [0.3, 0.4) is 0 Å². The normalized spacial score (nSPS) is 27.8. The van der Waals surface area contributed by atoms with Gasteiger partial charge in [0, 0.05) is 18.9 Å². The number of hydrogen-bond acceptors (Lipinski definition) is 3. The van der Waals surface area contributed by atoms with Crippen LogP contribution in [-0.2, 0) is 4.74 Å². The molecule has 0 aliphatic carbocycles. The van der Waals surface area contributed by atoms with Crippen LogP contribution in [0, 0.1) is 0 Å². The summed E-state index contributed by atoms with van der Waals surface area (Å²) >= 11 is 0. The minimum absolute atomic E-state index is 0.210. The van der Waals surface area contributed by atoms with Gasteiger partial charge in [0.2, 0.25) is 0 Å². The Kier molecular flexibility index (Phi) is 2.57. The van der Waals surface area contributed by atoms with Gasteiger partial charge in [-0.15, -0.1) is 0 Å². The van der Waals surface area contributed by atoms with Crippen molar-refractivity contribution in [2.24, 2.45) is 5.73 Å². The second kappa shape index (κ2) is 3.85. The molecule has 0 saturated carbocycles. The maximum atomic E-state index is 5.73. The van der Waals surface area contributed by atoms with Crippen LogP contribution in [-0.4, -0.2) is 17.6 Å². The average molecular weight is 178 g/mol. The molecule has 2 heterocycles. The summed E-state index contributed by atoms with van der Waals surface area (Å²) in [5, 5.41) is 0. The predicted molar refractivity (Wildman–Crippen MR) is 50.1 cm³/mol. The lowest BCUT2D eigenvalue weighted by atomic mass is 10.1. The maximum absolute atomic E-state index is 5.73. The van der Waals surface area contributed by atoms with Crippen LogP contribution in [0.2, 0.25) is 0 Å². The Morgan fingerprint density at radius 3 is 3.08 bits per heavy atom. The van der Waals surface area contributed by atoms with E-state index >= 15 is 0 Å². The molecule has 1 aromatic heterocycles. The van der Waals surface area contributed by atoms with Crippen LogP contribution in [0.5, 0.6) is 0 Å². The van der Waals surface area contributed by atoms with Crippen molar-refractivity contribution in [3.05, 3.63) is 30.1 Å². The van der Waals surface area contributed by atoms with Crippen molar-refractivity contribution in [1.29, 1.82) is 0 Å². The number of nitrogens with two attached hydrogens (primary N) is 1. The molecule has 3 nitrogen and oxygen atoms in total. The zero-order chi connectivity index (χ0) is 9.10. The van der Waals surface area contributed by atoms with Crippen molar-refractivity contribution in [2.45, 2.75) is 25.0 Å². The molecule has 3 heteroatoms. The molecule has 2 N–H and O–H groups in total. The molecule has 0 aromatic carbocycles. The summed E-state index contributed by atoms with van der Waals surface area (Å²) in [4.78, 5) is 4.07. The number of ether oxygens (including phenoxy) is 1. The Morgan fingerprint density at radius 1 is 1.54 bits per heavy atom. The third-order valence-corrected chi connectivity index (χ3v) is 2.43. The quantitative estimate of drug-likeness (QED) is 0.741. The fourth-order valence-electron chi connectivity index (χ4n) is 1.69. The first-order valence-electron chi connectivity index (χ1n) is 4.65. The van der Waals surface area contributed by atoms with E-state index in [2.05, 4.69) is 11.1 Å². The fourth-order valence-corrected chi connectivity index (χ4v) is 1.69. The van der Waals surface area contributed by atoms with E-state index in [-0.39, 0.29) is 12.2 Å². The number of nitrogens with zero attached hydrogens (tertiary/aromatic N) is 1. The van der Waals surface area contributed by atoms with Gasteiger partial charge in [-0.25, -0.2) is 0 Å². The third-order valence-electron chi connectivity index (χ3n) is 2.43. The van der Waals surface area contributed by atoms with Crippen molar-refractivity contribution in [1.82, 2.24) is 4.98 Å². The van der Waals surface area contributed by atoms with E-state index in [0.717, 1.165) is 12.8 Å². The van der Waals surface area contributed by atoms with Gasteiger partial charge in [0.15, 0.2) is 0 Å². The van der Waals surface area contributed by atoms with Crippen molar-refractivity contribution in [2.75, 3.05) is 6.54 Å². The topological polar surface area (TPSA) is 48.1 Å². The molecular weight excluding hydrogens is 164 g/mol. The highest BCUT2D eigenvalue weighted by Crippen LogP contribution is 2.31. The monoisotopic (exact) mass is 178 g/mol. The van der Waals surface area contributed by atoms with Crippen LogP contribution in [0.15, 0.2) is 24.5 Å². The summed E-state index contributed by atoms with van der Waals surface area (Å²) in [5.74, 6) is 0. The number of pyridine rings is 1. The summed E-state index contributed by atoms with van der Waals surface area (Å²) in [7, 11) is 0. The highest BCUT2D eigenvalue weighted by Gasteiger charge is 2.25. The Hall–Kier alpha value is -0.930. The van der Waals surface area contributed by atoms with Gasteiger partial charge in [0.05, 0.1) is 12.2 Å². The molecule has 70 valence electrons. The lowest BCUT2D eigenvalue weighted by Gasteiger charge is -2.11. The van der Waals surface area contributed by atoms with Gasteiger partial charge >= 0.3 is 0 Å². The molecule has 1 saturated heterocycles. The van der Waals surface area contributed by atoms with E-state index in [1.54, 1.807) is 6.20 Å². The first kappa shape index (κ1) is 8.66.